The van der Waals surface area contributed by atoms with Crippen molar-refractivity contribution in [2.45, 2.75) is 6.92 Å². The summed E-state index contributed by atoms with van der Waals surface area (Å²) in [7, 11) is 0. The molecule has 0 aliphatic rings. The van der Waals surface area contributed by atoms with Crippen LogP contribution in [-0.2, 0) is 0 Å². The van der Waals surface area contributed by atoms with Crippen LogP contribution in [0.15, 0.2) is 42.5 Å². The Morgan fingerprint density at radius 1 is 1.12 bits per heavy atom. The molecule has 0 aromatic heterocycles. The number of nitrogens with two attached hydrogens (primary N) is 1. The smallest absolute Gasteiger partial charge is 0.195 e. The Hall–Kier alpha value is -1.80. The van der Waals surface area contributed by atoms with Crippen molar-refractivity contribution in [2.75, 3.05) is 5.73 Å². The predicted molar refractivity (Wildman–Crippen MR) is 70.5 cm³/mol. The van der Waals surface area contributed by atoms with Crippen molar-refractivity contribution < 1.29 is 4.79 Å². The molecule has 86 valence electrons. The highest BCUT2D eigenvalue weighted by Gasteiger charge is 2.12. The average Bonchev–Trinajstić information content (AvgIpc) is 2.32. The molecule has 0 saturated heterocycles. The van der Waals surface area contributed by atoms with Crippen LogP contribution in [0.5, 0.6) is 0 Å². The molecule has 0 unspecified atom stereocenters. The zero-order valence-corrected chi connectivity index (χ0v) is 10.2. The van der Waals surface area contributed by atoms with Gasteiger partial charge in [-0.05, 0) is 25.1 Å². The number of anilines is 1. The lowest BCUT2D eigenvalue weighted by atomic mass is 10.0. The molecule has 0 radical (unpaired) electrons. The van der Waals surface area contributed by atoms with Crippen LogP contribution < -0.4 is 5.73 Å². The fraction of sp³-hybridized carbons (Fsp3) is 0.0714. The number of halogens is 1. The molecule has 0 aliphatic carbocycles. The summed E-state index contributed by atoms with van der Waals surface area (Å²) in [5, 5.41) is 0.509. The van der Waals surface area contributed by atoms with Gasteiger partial charge in [-0.25, -0.2) is 0 Å². The molecule has 2 nitrogen and oxygen atoms in total. The lowest BCUT2D eigenvalue weighted by molar-refractivity contribution is 0.103. The number of rotatable bonds is 2. The molecule has 0 amide bonds. The van der Waals surface area contributed by atoms with Gasteiger partial charge >= 0.3 is 0 Å². The van der Waals surface area contributed by atoms with Crippen LogP contribution >= 0.6 is 11.6 Å². The topological polar surface area (TPSA) is 43.1 Å². The fourth-order valence-corrected chi connectivity index (χ4v) is 1.76. The molecule has 17 heavy (non-hydrogen) atoms. The van der Waals surface area contributed by atoms with E-state index < -0.39 is 0 Å². The minimum atomic E-state index is -0.106. The molecule has 0 heterocycles. The van der Waals surface area contributed by atoms with E-state index in [2.05, 4.69) is 0 Å². The van der Waals surface area contributed by atoms with E-state index in [9.17, 15) is 4.79 Å². The summed E-state index contributed by atoms with van der Waals surface area (Å²) in [6.07, 6.45) is 0. The quantitative estimate of drug-likeness (QED) is 0.650. The molecule has 2 N–H and O–H groups in total. The monoisotopic (exact) mass is 245 g/mol. The molecule has 0 aliphatic heterocycles. The van der Waals surface area contributed by atoms with E-state index in [1.165, 1.54) is 0 Å². The minimum absolute atomic E-state index is 0.106. The van der Waals surface area contributed by atoms with Gasteiger partial charge in [0.05, 0.1) is 0 Å². The Labute approximate surface area is 105 Å². The fourth-order valence-electron chi connectivity index (χ4n) is 1.59. The van der Waals surface area contributed by atoms with Gasteiger partial charge in [0, 0.05) is 21.8 Å². The lowest BCUT2D eigenvalue weighted by Gasteiger charge is -2.05. The number of carbonyl (C=O) groups is 1. The number of nitrogen functional groups attached to an aromatic ring is 1. The van der Waals surface area contributed by atoms with Gasteiger partial charge in [0.1, 0.15) is 0 Å². The number of hydrogen-bond donors (Lipinski definition) is 1. The Bertz CT molecular complexity index is 561. The van der Waals surface area contributed by atoms with Crippen LogP contribution in [-0.4, -0.2) is 5.78 Å². The second kappa shape index (κ2) is 4.60. The first-order valence-electron chi connectivity index (χ1n) is 5.24. The van der Waals surface area contributed by atoms with E-state index in [0.717, 1.165) is 5.56 Å². The average molecular weight is 246 g/mol. The molecular formula is C14H12ClNO. The van der Waals surface area contributed by atoms with Crippen molar-refractivity contribution in [1.29, 1.82) is 0 Å². The van der Waals surface area contributed by atoms with Crippen LogP contribution in [0, 0.1) is 6.92 Å². The first kappa shape index (κ1) is 11.7. The summed E-state index contributed by atoms with van der Waals surface area (Å²) < 4.78 is 0. The summed E-state index contributed by atoms with van der Waals surface area (Å²) in [6, 6.07) is 12.3. The molecule has 2 aromatic carbocycles. The van der Waals surface area contributed by atoms with Gasteiger partial charge in [-0.1, -0.05) is 41.4 Å². The maximum Gasteiger partial charge on any atom is 0.195 e. The van der Waals surface area contributed by atoms with Gasteiger partial charge in [-0.2, -0.15) is 0 Å². The van der Waals surface area contributed by atoms with Crippen LogP contribution in [0.2, 0.25) is 5.02 Å². The molecule has 2 aromatic rings. The van der Waals surface area contributed by atoms with Gasteiger partial charge in [0.15, 0.2) is 5.78 Å². The molecule has 2 rings (SSSR count). The third-order valence-electron chi connectivity index (χ3n) is 2.57. The van der Waals surface area contributed by atoms with Crippen LogP contribution in [0.1, 0.15) is 21.5 Å². The number of aryl methyl sites for hydroxylation is 1. The molecule has 0 atom stereocenters. The van der Waals surface area contributed by atoms with E-state index in [4.69, 9.17) is 17.3 Å². The van der Waals surface area contributed by atoms with E-state index >= 15 is 0 Å². The predicted octanol–water partition coefficient (Wildman–Crippen LogP) is 3.46. The Morgan fingerprint density at radius 2 is 1.76 bits per heavy atom. The molecule has 0 spiro atoms. The Morgan fingerprint density at radius 3 is 2.41 bits per heavy atom. The normalized spacial score (nSPS) is 10.2. The van der Waals surface area contributed by atoms with E-state index in [0.29, 0.717) is 21.8 Å². The molecule has 0 fully saturated rings. The summed E-state index contributed by atoms with van der Waals surface area (Å²) in [4.78, 5) is 12.2. The molecule has 0 saturated carbocycles. The Balaban J connectivity index is 2.43. The molecule has 3 heteroatoms. The van der Waals surface area contributed by atoms with Crippen LogP contribution in [0.3, 0.4) is 0 Å². The summed E-state index contributed by atoms with van der Waals surface area (Å²) in [5.41, 5.74) is 8.40. The second-order valence-electron chi connectivity index (χ2n) is 3.93. The van der Waals surface area contributed by atoms with E-state index in [1.807, 2.05) is 19.1 Å². The van der Waals surface area contributed by atoms with Crippen molar-refractivity contribution in [3.63, 3.8) is 0 Å². The highest BCUT2D eigenvalue weighted by atomic mass is 35.5. The van der Waals surface area contributed by atoms with Crippen molar-refractivity contribution in [2.24, 2.45) is 0 Å². The highest BCUT2D eigenvalue weighted by Crippen LogP contribution is 2.21. The number of benzene rings is 2. The third kappa shape index (κ3) is 2.48. The van der Waals surface area contributed by atoms with Crippen molar-refractivity contribution >= 4 is 23.1 Å². The zero-order chi connectivity index (χ0) is 12.4. The summed E-state index contributed by atoms with van der Waals surface area (Å²) in [5.74, 6) is -0.106. The van der Waals surface area contributed by atoms with Gasteiger partial charge in [0.2, 0.25) is 0 Å². The maximum atomic E-state index is 12.2. The first-order valence-corrected chi connectivity index (χ1v) is 5.62. The standard InChI is InChI=1S/C14H12ClNO/c1-9-2-4-10(5-3-9)14(17)12-8-11(15)6-7-13(12)16/h2-8H,16H2,1H3. The van der Waals surface area contributed by atoms with Gasteiger partial charge < -0.3 is 5.73 Å². The largest absolute Gasteiger partial charge is 0.398 e. The van der Waals surface area contributed by atoms with Gasteiger partial charge in [-0.3, -0.25) is 4.79 Å². The zero-order valence-electron chi connectivity index (χ0n) is 9.41. The number of hydrogen-bond acceptors (Lipinski definition) is 2. The number of ketones is 1. The van der Waals surface area contributed by atoms with Gasteiger partial charge in [0.25, 0.3) is 0 Å². The SMILES string of the molecule is Cc1ccc(C(=O)c2cc(Cl)ccc2N)cc1. The van der Waals surface area contributed by atoms with Gasteiger partial charge in [-0.15, -0.1) is 0 Å². The van der Waals surface area contributed by atoms with Crippen molar-refractivity contribution in [3.8, 4) is 0 Å². The van der Waals surface area contributed by atoms with Crippen LogP contribution in [0.25, 0.3) is 0 Å². The van der Waals surface area contributed by atoms with Crippen LogP contribution in [0.4, 0.5) is 5.69 Å². The molecular weight excluding hydrogens is 234 g/mol. The lowest BCUT2D eigenvalue weighted by Crippen LogP contribution is -2.05. The third-order valence-corrected chi connectivity index (χ3v) is 2.81. The summed E-state index contributed by atoms with van der Waals surface area (Å²) >= 11 is 5.87. The Kier molecular flexibility index (Phi) is 3.16. The van der Waals surface area contributed by atoms with E-state index in [1.54, 1.807) is 30.3 Å². The number of carbonyl (C=O) groups excluding carboxylic acids is 1. The van der Waals surface area contributed by atoms with Crippen molar-refractivity contribution in [3.05, 3.63) is 64.2 Å². The molecule has 0 bridgehead atoms. The summed E-state index contributed by atoms with van der Waals surface area (Å²) in [6.45, 7) is 1.97. The highest BCUT2D eigenvalue weighted by molar-refractivity contribution is 6.31. The first-order chi connectivity index (χ1) is 8.08. The maximum absolute atomic E-state index is 12.2. The van der Waals surface area contributed by atoms with Crippen molar-refractivity contribution in [1.82, 2.24) is 0 Å². The minimum Gasteiger partial charge on any atom is -0.398 e. The second-order valence-corrected chi connectivity index (χ2v) is 4.36. The van der Waals surface area contributed by atoms with E-state index in [-0.39, 0.29) is 5.78 Å².